The summed E-state index contributed by atoms with van der Waals surface area (Å²) in [6, 6.07) is 7.24. The molecule has 0 spiro atoms. The van der Waals surface area contributed by atoms with Gasteiger partial charge >= 0.3 is 0 Å². The molecule has 0 bridgehead atoms. The molecule has 0 atom stereocenters. The van der Waals surface area contributed by atoms with E-state index in [-0.39, 0.29) is 27.7 Å². The fourth-order valence-electron chi connectivity index (χ4n) is 3.60. The number of hydrogen-bond acceptors (Lipinski definition) is 6. The summed E-state index contributed by atoms with van der Waals surface area (Å²) < 4.78 is 28.9. The molecule has 0 saturated carbocycles. The summed E-state index contributed by atoms with van der Waals surface area (Å²) in [4.78, 5) is 25.0. The first kappa shape index (κ1) is 22.7. The molecule has 2 N–H and O–H groups in total. The van der Waals surface area contributed by atoms with E-state index in [2.05, 4.69) is 4.72 Å². The number of benzene rings is 2. The van der Waals surface area contributed by atoms with Crippen molar-refractivity contribution in [3.63, 3.8) is 0 Å². The molecule has 1 saturated heterocycles. The van der Waals surface area contributed by atoms with Crippen LogP contribution in [-0.2, 0) is 10.0 Å². The fraction of sp³-hybridized carbons (Fsp3) is 0.381. The van der Waals surface area contributed by atoms with Crippen molar-refractivity contribution in [1.29, 1.82) is 0 Å². The molecular formula is C21H25N3O6S. The fourth-order valence-corrected chi connectivity index (χ4v) is 5.09. The first-order valence-corrected chi connectivity index (χ1v) is 11.3. The number of nitro groups is 1. The Bertz CT molecular complexity index is 1140. The molecule has 1 aliphatic rings. The van der Waals surface area contributed by atoms with Crippen LogP contribution in [0.4, 0.5) is 11.4 Å². The number of likely N-dealkylation sites (tertiary alicyclic amines) is 1. The third kappa shape index (κ3) is 4.70. The number of aliphatic hydroxyl groups excluding tert-OH is 1. The van der Waals surface area contributed by atoms with Crippen molar-refractivity contribution in [3.05, 3.63) is 62.7 Å². The highest BCUT2D eigenvalue weighted by molar-refractivity contribution is 7.92. The van der Waals surface area contributed by atoms with Gasteiger partial charge in [-0.15, -0.1) is 0 Å². The number of para-hydroxylation sites is 1. The topological polar surface area (TPSA) is 130 Å². The van der Waals surface area contributed by atoms with Crippen LogP contribution in [-0.4, -0.2) is 48.4 Å². The summed E-state index contributed by atoms with van der Waals surface area (Å²) >= 11 is 0. The molecule has 31 heavy (non-hydrogen) atoms. The van der Waals surface area contributed by atoms with Crippen LogP contribution in [0.25, 0.3) is 0 Å². The Kier molecular flexibility index (Phi) is 6.33. The lowest BCUT2D eigenvalue weighted by atomic mass is 10.0. The van der Waals surface area contributed by atoms with Gasteiger partial charge in [-0.2, -0.15) is 0 Å². The largest absolute Gasteiger partial charge is 0.393 e. The van der Waals surface area contributed by atoms with Crippen molar-refractivity contribution in [2.45, 2.75) is 44.6 Å². The van der Waals surface area contributed by atoms with E-state index in [1.165, 1.54) is 6.07 Å². The Morgan fingerprint density at radius 2 is 1.81 bits per heavy atom. The minimum atomic E-state index is -4.21. The van der Waals surface area contributed by atoms with Crippen molar-refractivity contribution in [2.75, 3.05) is 17.8 Å². The van der Waals surface area contributed by atoms with Crippen LogP contribution in [0.2, 0.25) is 0 Å². The summed E-state index contributed by atoms with van der Waals surface area (Å²) in [6.45, 7) is 5.62. The second kappa shape index (κ2) is 8.64. The number of aryl methyl sites for hydroxylation is 2. The van der Waals surface area contributed by atoms with E-state index >= 15 is 0 Å². The van der Waals surface area contributed by atoms with Crippen LogP contribution >= 0.6 is 0 Å². The summed E-state index contributed by atoms with van der Waals surface area (Å²) in [5.41, 5.74) is 1.43. The maximum atomic E-state index is 13.2. The first-order chi connectivity index (χ1) is 14.5. The van der Waals surface area contributed by atoms with Gasteiger partial charge in [0.2, 0.25) is 0 Å². The summed E-state index contributed by atoms with van der Waals surface area (Å²) in [5.74, 6) is -0.333. The van der Waals surface area contributed by atoms with Gasteiger partial charge in [0.25, 0.3) is 21.6 Å². The third-order valence-corrected chi connectivity index (χ3v) is 7.07. The van der Waals surface area contributed by atoms with E-state index in [1.54, 1.807) is 43.9 Å². The first-order valence-electron chi connectivity index (χ1n) is 9.86. The Morgan fingerprint density at radius 1 is 1.16 bits per heavy atom. The number of carbonyl (C=O) groups is 1. The molecule has 166 valence electrons. The van der Waals surface area contributed by atoms with Gasteiger partial charge in [0.1, 0.15) is 0 Å². The van der Waals surface area contributed by atoms with Gasteiger partial charge < -0.3 is 10.0 Å². The molecule has 1 amide bonds. The van der Waals surface area contributed by atoms with Crippen LogP contribution in [0.1, 0.15) is 39.9 Å². The lowest BCUT2D eigenvalue weighted by molar-refractivity contribution is -0.385. The Morgan fingerprint density at radius 3 is 2.42 bits per heavy atom. The average molecular weight is 448 g/mol. The molecule has 1 fully saturated rings. The number of non-ortho nitro benzene ring substituents is 1. The lowest BCUT2D eigenvalue weighted by Crippen LogP contribution is -2.40. The van der Waals surface area contributed by atoms with Gasteiger partial charge in [0, 0.05) is 25.2 Å². The molecule has 1 heterocycles. The quantitative estimate of drug-likeness (QED) is 0.535. The Hall–Kier alpha value is -2.98. The van der Waals surface area contributed by atoms with Crippen LogP contribution in [0.15, 0.2) is 35.2 Å². The zero-order chi connectivity index (χ0) is 22.9. The van der Waals surface area contributed by atoms with E-state index in [0.29, 0.717) is 42.6 Å². The van der Waals surface area contributed by atoms with E-state index in [0.717, 1.165) is 6.07 Å². The molecule has 0 aliphatic carbocycles. The second-order valence-corrected chi connectivity index (χ2v) is 9.42. The highest BCUT2D eigenvalue weighted by Gasteiger charge is 2.28. The molecule has 0 radical (unpaired) electrons. The van der Waals surface area contributed by atoms with Crippen LogP contribution in [0, 0.1) is 30.9 Å². The SMILES string of the molecule is Cc1cc([N+](=O)[O-])cc(S(=O)(=O)Nc2c(C)cccc2C(=O)N2CCC(O)CC2)c1C. The highest BCUT2D eigenvalue weighted by Crippen LogP contribution is 2.30. The zero-order valence-corrected chi connectivity index (χ0v) is 18.4. The van der Waals surface area contributed by atoms with Crippen molar-refractivity contribution in [3.8, 4) is 0 Å². The van der Waals surface area contributed by atoms with Crippen molar-refractivity contribution >= 4 is 27.3 Å². The number of nitrogens with zero attached hydrogens (tertiary/aromatic N) is 2. The van der Waals surface area contributed by atoms with Crippen molar-refractivity contribution < 1.29 is 23.2 Å². The number of hydrogen-bond donors (Lipinski definition) is 2. The summed E-state index contributed by atoms with van der Waals surface area (Å²) in [5, 5.41) is 20.9. The Balaban J connectivity index is 2.01. The number of nitro benzene ring substituents is 1. The molecule has 10 heteroatoms. The zero-order valence-electron chi connectivity index (χ0n) is 17.6. The van der Waals surface area contributed by atoms with E-state index in [4.69, 9.17) is 0 Å². The summed E-state index contributed by atoms with van der Waals surface area (Å²) in [6.07, 6.45) is 0.481. The minimum absolute atomic E-state index is 0.141. The van der Waals surface area contributed by atoms with Gasteiger partial charge in [-0.3, -0.25) is 19.6 Å². The molecule has 2 aromatic rings. The second-order valence-electron chi connectivity index (χ2n) is 7.77. The molecular weight excluding hydrogens is 422 g/mol. The molecule has 9 nitrogen and oxygen atoms in total. The maximum Gasteiger partial charge on any atom is 0.271 e. The monoisotopic (exact) mass is 447 g/mol. The smallest absolute Gasteiger partial charge is 0.271 e. The van der Waals surface area contributed by atoms with Crippen LogP contribution in [0.5, 0.6) is 0 Å². The van der Waals surface area contributed by atoms with Gasteiger partial charge in [-0.25, -0.2) is 8.42 Å². The predicted molar refractivity (Wildman–Crippen MR) is 116 cm³/mol. The van der Waals surface area contributed by atoms with Crippen LogP contribution < -0.4 is 4.72 Å². The number of aliphatic hydroxyl groups is 1. The number of anilines is 1. The van der Waals surface area contributed by atoms with E-state index in [1.807, 2.05) is 0 Å². The molecule has 3 rings (SSSR count). The third-order valence-electron chi connectivity index (χ3n) is 5.60. The van der Waals surface area contributed by atoms with Gasteiger partial charge in [-0.1, -0.05) is 12.1 Å². The standard InChI is InChI=1S/C21H25N3O6S/c1-13-5-4-6-18(21(26)23-9-7-17(25)8-10-23)20(13)22-31(29,30)19-12-16(24(27)28)11-14(2)15(19)3/h4-6,11-12,17,22,25H,7-10H2,1-3H3. The minimum Gasteiger partial charge on any atom is -0.393 e. The number of piperidine rings is 1. The number of carbonyl (C=O) groups excluding carboxylic acids is 1. The van der Waals surface area contributed by atoms with Gasteiger partial charge in [0.05, 0.1) is 27.2 Å². The van der Waals surface area contributed by atoms with Crippen molar-refractivity contribution in [2.24, 2.45) is 0 Å². The van der Waals surface area contributed by atoms with Crippen LogP contribution in [0.3, 0.4) is 0 Å². The number of amides is 1. The molecule has 0 unspecified atom stereocenters. The van der Waals surface area contributed by atoms with Crippen molar-refractivity contribution in [1.82, 2.24) is 4.90 Å². The summed E-state index contributed by atoms with van der Waals surface area (Å²) in [7, 11) is -4.21. The number of sulfonamides is 1. The average Bonchev–Trinajstić information content (AvgIpc) is 2.71. The van der Waals surface area contributed by atoms with Gasteiger partial charge in [-0.05, 0) is 56.4 Å². The normalized spacial score (nSPS) is 15.0. The molecule has 2 aromatic carbocycles. The maximum absolute atomic E-state index is 13.2. The predicted octanol–water partition coefficient (Wildman–Crippen LogP) is 2.92. The molecule has 0 aromatic heterocycles. The highest BCUT2D eigenvalue weighted by atomic mass is 32.2. The van der Waals surface area contributed by atoms with E-state index in [9.17, 15) is 28.4 Å². The Labute approximate surface area is 180 Å². The van der Waals surface area contributed by atoms with Gasteiger partial charge in [0.15, 0.2) is 0 Å². The number of rotatable bonds is 5. The molecule has 1 aliphatic heterocycles. The van der Waals surface area contributed by atoms with E-state index < -0.39 is 21.1 Å². The lowest BCUT2D eigenvalue weighted by Gasteiger charge is -2.30. The number of nitrogens with one attached hydrogen (secondary N) is 1.